The van der Waals surface area contributed by atoms with Gasteiger partial charge in [-0.1, -0.05) is 40.3 Å². The van der Waals surface area contributed by atoms with Gasteiger partial charge in [0.1, 0.15) is 17.0 Å². The maximum atomic E-state index is 11.3. The molecule has 1 aromatic heterocycles. The van der Waals surface area contributed by atoms with Crippen LogP contribution in [-0.4, -0.2) is 20.6 Å². The van der Waals surface area contributed by atoms with Crippen molar-refractivity contribution in [2.45, 2.75) is 32.2 Å². The Morgan fingerprint density at radius 1 is 1.27 bits per heavy atom. The lowest BCUT2D eigenvalue weighted by molar-refractivity contribution is -0.137. The van der Waals surface area contributed by atoms with E-state index in [-0.39, 0.29) is 6.54 Å². The summed E-state index contributed by atoms with van der Waals surface area (Å²) >= 11 is 8.85. The van der Waals surface area contributed by atoms with Crippen LogP contribution in [0.5, 0.6) is 0 Å². The Hall–Kier alpha value is -1.53. The molecule has 0 radical (unpaired) electrons. The van der Waals surface area contributed by atoms with Gasteiger partial charge in [-0.05, 0) is 37.8 Å². The van der Waals surface area contributed by atoms with Gasteiger partial charge in [-0.15, -0.1) is 0 Å². The highest BCUT2D eigenvalue weighted by molar-refractivity contribution is 9.10. The van der Waals surface area contributed by atoms with E-state index in [0.717, 1.165) is 47.0 Å². The van der Waals surface area contributed by atoms with Crippen molar-refractivity contribution >= 4 is 34.1 Å². The van der Waals surface area contributed by atoms with Gasteiger partial charge in [0.25, 0.3) is 0 Å². The molecule has 0 saturated heterocycles. The third-order valence-corrected chi connectivity index (χ3v) is 4.75. The highest BCUT2D eigenvalue weighted by Crippen LogP contribution is 2.28. The zero-order valence-electron chi connectivity index (χ0n) is 11.9. The van der Waals surface area contributed by atoms with Crippen LogP contribution < -0.4 is 0 Å². The van der Waals surface area contributed by atoms with E-state index in [4.69, 9.17) is 12.2 Å². The smallest absolute Gasteiger partial charge is 0.323 e. The molecule has 4 nitrogen and oxygen atoms in total. The Morgan fingerprint density at radius 3 is 2.64 bits per heavy atom. The fourth-order valence-corrected chi connectivity index (χ4v) is 3.47. The van der Waals surface area contributed by atoms with Crippen LogP contribution in [0, 0.1) is 4.64 Å². The van der Waals surface area contributed by atoms with E-state index in [9.17, 15) is 9.90 Å². The fourth-order valence-electron chi connectivity index (χ4n) is 2.89. The number of fused-ring (bicyclic) bond motifs is 1. The van der Waals surface area contributed by atoms with E-state index in [0.29, 0.717) is 10.5 Å². The van der Waals surface area contributed by atoms with E-state index >= 15 is 0 Å². The zero-order valence-corrected chi connectivity index (χ0v) is 14.3. The number of hydrogen-bond donors (Lipinski definition) is 1. The van der Waals surface area contributed by atoms with E-state index in [1.807, 2.05) is 28.8 Å². The van der Waals surface area contributed by atoms with Crippen LogP contribution in [-0.2, 0) is 24.2 Å². The SMILES string of the molecule is O=C(O)Cn1c(-c2ccc(Br)cc2)nc(=S)c2c1CCCC2. The quantitative estimate of drug-likeness (QED) is 0.819. The molecule has 0 unspecified atom stereocenters. The van der Waals surface area contributed by atoms with Crippen LogP contribution in [0.25, 0.3) is 11.4 Å². The van der Waals surface area contributed by atoms with Gasteiger partial charge in [0, 0.05) is 21.3 Å². The van der Waals surface area contributed by atoms with Gasteiger partial charge in [0.05, 0.1) is 0 Å². The minimum atomic E-state index is -0.866. The lowest BCUT2D eigenvalue weighted by Crippen LogP contribution is -2.21. The molecule has 0 saturated carbocycles. The molecule has 114 valence electrons. The first-order valence-electron chi connectivity index (χ1n) is 7.16. The number of carboxylic acid groups (broad SMARTS) is 1. The van der Waals surface area contributed by atoms with Gasteiger partial charge in [-0.2, -0.15) is 0 Å². The van der Waals surface area contributed by atoms with Gasteiger partial charge in [0.15, 0.2) is 0 Å². The standard InChI is InChI=1S/C16H15BrN2O2S/c17-11-7-5-10(6-8-11)15-18-16(22)12-3-1-2-4-13(12)19(15)9-14(20)21/h5-8H,1-4,9H2,(H,20,21). The maximum Gasteiger partial charge on any atom is 0.323 e. The molecule has 1 aromatic carbocycles. The van der Waals surface area contributed by atoms with Crippen molar-refractivity contribution in [2.75, 3.05) is 0 Å². The number of halogens is 1. The molecule has 3 rings (SSSR count). The summed E-state index contributed by atoms with van der Waals surface area (Å²) in [6.45, 7) is -0.0870. The number of carbonyl (C=O) groups is 1. The summed E-state index contributed by atoms with van der Waals surface area (Å²) in [6.07, 6.45) is 3.90. The molecule has 1 N–H and O–H groups in total. The van der Waals surface area contributed by atoms with Gasteiger partial charge in [0.2, 0.25) is 0 Å². The third kappa shape index (κ3) is 2.98. The molecular weight excluding hydrogens is 364 g/mol. The van der Waals surface area contributed by atoms with Crippen LogP contribution >= 0.6 is 28.1 Å². The molecule has 0 bridgehead atoms. The molecule has 0 amide bonds. The summed E-state index contributed by atoms with van der Waals surface area (Å²) in [6, 6.07) is 7.69. The summed E-state index contributed by atoms with van der Waals surface area (Å²) in [5.74, 6) is -0.226. The molecule has 1 heterocycles. The molecule has 1 aliphatic rings. The molecule has 0 aliphatic heterocycles. The number of aromatic nitrogens is 2. The monoisotopic (exact) mass is 378 g/mol. The Kier molecular flexibility index (Phi) is 4.40. The molecule has 0 fully saturated rings. The van der Waals surface area contributed by atoms with E-state index in [2.05, 4.69) is 20.9 Å². The minimum Gasteiger partial charge on any atom is -0.480 e. The summed E-state index contributed by atoms with van der Waals surface area (Å²) < 4.78 is 3.39. The van der Waals surface area contributed by atoms with Crippen LogP contribution in [0.2, 0.25) is 0 Å². The summed E-state index contributed by atoms with van der Waals surface area (Å²) in [5.41, 5.74) is 2.96. The van der Waals surface area contributed by atoms with Crippen LogP contribution in [0.1, 0.15) is 24.1 Å². The molecule has 1 aliphatic carbocycles. The second kappa shape index (κ2) is 6.30. The lowest BCUT2D eigenvalue weighted by atomic mass is 9.96. The first-order chi connectivity index (χ1) is 10.6. The minimum absolute atomic E-state index is 0.0870. The van der Waals surface area contributed by atoms with Gasteiger partial charge >= 0.3 is 5.97 Å². The second-order valence-corrected chi connectivity index (χ2v) is 6.66. The van der Waals surface area contributed by atoms with Crippen molar-refractivity contribution in [3.05, 3.63) is 44.6 Å². The Morgan fingerprint density at radius 2 is 1.95 bits per heavy atom. The van der Waals surface area contributed by atoms with Crippen molar-refractivity contribution in [3.63, 3.8) is 0 Å². The van der Waals surface area contributed by atoms with Crippen molar-refractivity contribution in [2.24, 2.45) is 0 Å². The Balaban J connectivity index is 2.24. The van der Waals surface area contributed by atoms with Crippen LogP contribution in [0.15, 0.2) is 28.7 Å². The van der Waals surface area contributed by atoms with Crippen molar-refractivity contribution in [3.8, 4) is 11.4 Å². The molecule has 6 heteroatoms. The summed E-state index contributed by atoms with van der Waals surface area (Å²) in [5, 5.41) is 9.27. The molecule has 22 heavy (non-hydrogen) atoms. The predicted octanol–water partition coefficient (Wildman–Crippen LogP) is 4.01. The normalized spacial score (nSPS) is 13.7. The lowest BCUT2D eigenvalue weighted by Gasteiger charge is -2.23. The largest absolute Gasteiger partial charge is 0.480 e. The van der Waals surface area contributed by atoms with Crippen molar-refractivity contribution in [1.29, 1.82) is 0 Å². The number of rotatable bonds is 3. The van der Waals surface area contributed by atoms with E-state index < -0.39 is 5.97 Å². The number of carboxylic acids is 1. The molecular formula is C16H15BrN2O2S. The Labute approximate surface area is 142 Å². The number of nitrogens with zero attached hydrogens (tertiary/aromatic N) is 2. The first kappa shape index (κ1) is 15.4. The maximum absolute atomic E-state index is 11.3. The highest BCUT2D eigenvalue weighted by Gasteiger charge is 2.20. The zero-order chi connectivity index (χ0) is 15.7. The predicted molar refractivity (Wildman–Crippen MR) is 90.5 cm³/mol. The van der Waals surface area contributed by atoms with Gasteiger partial charge in [-0.3, -0.25) is 4.79 Å². The van der Waals surface area contributed by atoms with Crippen LogP contribution in [0.3, 0.4) is 0 Å². The molecule has 0 spiro atoms. The average Bonchev–Trinajstić information content (AvgIpc) is 2.51. The van der Waals surface area contributed by atoms with Gasteiger partial charge < -0.3 is 9.67 Å². The summed E-state index contributed by atoms with van der Waals surface area (Å²) in [4.78, 5) is 15.8. The van der Waals surface area contributed by atoms with Crippen molar-refractivity contribution < 1.29 is 9.90 Å². The molecule has 2 aromatic rings. The van der Waals surface area contributed by atoms with Crippen LogP contribution in [0.4, 0.5) is 0 Å². The number of hydrogen-bond acceptors (Lipinski definition) is 3. The Bertz CT molecular complexity index is 784. The number of aliphatic carboxylic acids is 1. The second-order valence-electron chi connectivity index (χ2n) is 5.36. The fraction of sp³-hybridized carbons (Fsp3) is 0.312. The average molecular weight is 379 g/mol. The summed E-state index contributed by atoms with van der Waals surface area (Å²) in [7, 11) is 0. The number of benzene rings is 1. The molecule has 0 atom stereocenters. The topological polar surface area (TPSA) is 55.1 Å². The first-order valence-corrected chi connectivity index (χ1v) is 8.36. The highest BCUT2D eigenvalue weighted by atomic mass is 79.9. The van der Waals surface area contributed by atoms with Gasteiger partial charge in [-0.25, -0.2) is 4.98 Å². The third-order valence-electron chi connectivity index (χ3n) is 3.88. The van der Waals surface area contributed by atoms with E-state index in [1.165, 1.54) is 0 Å². The van der Waals surface area contributed by atoms with E-state index in [1.54, 1.807) is 0 Å². The van der Waals surface area contributed by atoms with Crippen molar-refractivity contribution in [1.82, 2.24) is 9.55 Å².